The molecule has 3 N–H and O–H groups in total. The Morgan fingerprint density at radius 1 is 1.33 bits per heavy atom. The van der Waals surface area contributed by atoms with E-state index in [-0.39, 0.29) is 5.91 Å². The summed E-state index contributed by atoms with van der Waals surface area (Å²) in [6.07, 6.45) is 6.15. The Kier molecular flexibility index (Phi) is 5.56. The number of pyridine rings is 1. The highest BCUT2D eigenvalue weighted by molar-refractivity contribution is 5.94. The average molecular weight is 290 g/mol. The van der Waals surface area contributed by atoms with Gasteiger partial charge in [0.15, 0.2) is 0 Å². The second kappa shape index (κ2) is 7.41. The van der Waals surface area contributed by atoms with Gasteiger partial charge in [0.05, 0.1) is 17.9 Å². The smallest absolute Gasteiger partial charge is 0.241 e. The van der Waals surface area contributed by atoms with Crippen LogP contribution < -0.4 is 16.0 Å². The summed E-state index contributed by atoms with van der Waals surface area (Å²) in [7, 11) is 0. The van der Waals surface area contributed by atoms with Crippen LogP contribution >= 0.6 is 0 Å². The SMILES string of the molecule is CC(C)C[C@@H](N)C(=O)Nc1ccc(N2CCCCC2)nc1. The maximum Gasteiger partial charge on any atom is 0.241 e. The highest BCUT2D eigenvalue weighted by Gasteiger charge is 2.16. The van der Waals surface area contributed by atoms with Crippen LogP contribution in [0.1, 0.15) is 39.5 Å². The predicted molar refractivity (Wildman–Crippen MR) is 86.4 cm³/mol. The number of aromatic nitrogens is 1. The van der Waals surface area contributed by atoms with Gasteiger partial charge in [-0.3, -0.25) is 4.79 Å². The average Bonchev–Trinajstić information content (AvgIpc) is 2.48. The van der Waals surface area contributed by atoms with Crippen LogP contribution in [0.25, 0.3) is 0 Å². The first-order chi connectivity index (χ1) is 10.1. The van der Waals surface area contributed by atoms with Crippen molar-refractivity contribution in [2.75, 3.05) is 23.3 Å². The molecule has 1 aliphatic rings. The van der Waals surface area contributed by atoms with E-state index < -0.39 is 6.04 Å². The Labute approximate surface area is 126 Å². The zero-order valence-corrected chi connectivity index (χ0v) is 13.0. The second-order valence-corrected chi connectivity index (χ2v) is 6.18. The summed E-state index contributed by atoms with van der Waals surface area (Å²) >= 11 is 0. The molecule has 0 aliphatic carbocycles. The Morgan fingerprint density at radius 3 is 2.62 bits per heavy atom. The Bertz CT molecular complexity index is 452. The minimum Gasteiger partial charge on any atom is -0.357 e. The van der Waals surface area contributed by atoms with E-state index in [2.05, 4.69) is 29.0 Å². The van der Waals surface area contributed by atoms with Crippen molar-refractivity contribution in [2.45, 2.75) is 45.6 Å². The number of nitrogens with one attached hydrogen (secondary N) is 1. The van der Waals surface area contributed by atoms with Crippen molar-refractivity contribution in [3.8, 4) is 0 Å². The lowest BCUT2D eigenvalue weighted by Gasteiger charge is -2.27. The second-order valence-electron chi connectivity index (χ2n) is 6.18. The van der Waals surface area contributed by atoms with Crippen LogP contribution in [0.4, 0.5) is 11.5 Å². The molecule has 1 amide bonds. The molecule has 0 bridgehead atoms. The summed E-state index contributed by atoms with van der Waals surface area (Å²) in [5.41, 5.74) is 6.58. The van der Waals surface area contributed by atoms with Gasteiger partial charge in [0, 0.05) is 13.1 Å². The molecule has 0 radical (unpaired) electrons. The van der Waals surface area contributed by atoms with Gasteiger partial charge in [-0.2, -0.15) is 0 Å². The third-order valence-electron chi connectivity index (χ3n) is 3.76. The van der Waals surface area contributed by atoms with Gasteiger partial charge in [0.1, 0.15) is 5.82 Å². The third-order valence-corrected chi connectivity index (χ3v) is 3.76. The molecular weight excluding hydrogens is 264 g/mol. The summed E-state index contributed by atoms with van der Waals surface area (Å²) in [6, 6.07) is 3.40. The molecule has 116 valence electrons. The Balaban J connectivity index is 1.91. The molecule has 2 rings (SSSR count). The van der Waals surface area contributed by atoms with Gasteiger partial charge in [-0.05, 0) is 43.7 Å². The molecule has 5 heteroatoms. The largest absolute Gasteiger partial charge is 0.357 e. The fourth-order valence-corrected chi connectivity index (χ4v) is 2.62. The molecule has 1 atom stereocenters. The van der Waals surface area contributed by atoms with Gasteiger partial charge in [-0.1, -0.05) is 13.8 Å². The summed E-state index contributed by atoms with van der Waals surface area (Å²) in [4.78, 5) is 18.7. The van der Waals surface area contributed by atoms with Gasteiger partial charge in [-0.25, -0.2) is 4.98 Å². The maximum atomic E-state index is 12.0. The number of nitrogens with zero attached hydrogens (tertiary/aromatic N) is 2. The number of hydrogen-bond donors (Lipinski definition) is 2. The van der Waals surface area contributed by atoms with Gasteiger partial charge >= 0.3 is 0 Å². The van der Waals surface area contributed by atoms with Crippen molar-refractivity contribution in [1.82, 2.24) is 4.98 Å². The van der Waals surface area contributed by atoms with Crippen molar-refractivity contribution in [3.63, 3.8) is 0 Å². The van der Waals surface area contributed by atoms with Crippen LogP contribution in [0.15, 0.2) is 18.3 Å². The van der Waals surface area contributed by atoms with Gasteiger partial charge < -0.3 is 16.0 Å². The number of carbonyl (C=O) groups is 1. The fourth-order valence-electron chi connectivity index (χ4n) is 2.62. The zero-order chi connectivity index (χ0) is 15.2. The van der Waals surface area contributed by atoms with Crippen molar-refractivity contribution in [2.24, 2.45) is 11.7 Å². The molecular formula is C16H26N4O. The zero-order valence-electron chi connectivity index (χ0n) is 13.0. The van der Waals surface area contributed by atoms with E-state index in [1.165, 1.54) is 19.3 Å². The van der Waals surface area contributed by atoms with Crippen LogP contribution in [-0.2, 0) is 4.79 Å². The Morgan fingerprint density at radius 2 is 2.05 bits per heavy atom. The van der Waals surface area contributed by atoms with E-state index in [0.29, 0.717) is 18.0 Å². The number of carbonyl (C=O) groups excluding carboxylic acids is 1. The summed E-state index contributed by atoms with van der Waals surface area (Å²) < 4.78 is 0. The molecule has 1 aliphatic heterocycles. The highest BCUT2D eigenvalue weighted by Crippen LogP contribution is 2.19. The van der Waals surface area contributed by atoms with Crippen LogP contribution in [0, 0.1) is 5.92 Å². The number of anilines is 2. The lowest BCUT2D eigenvalue weighted by Crippen LogP contribution is -2.36. The number of piperidine rings is 1. The topological polar surface area (TPSA) is 71.2 Å². The fraction of sp³-hybridized carbons (Fsp3) is 0.625. The van der Waals surface area contributed by atoms with Crippen LogP contribution in [0.2, 0.25) is 0 Å². The maximum absolute atomic E-state index is 12.0. The van der Waals surface area contributed by atoms with Crippen molar-refractivity contribution in [3.05, 3.63) is 18.3 Å². The lowest BCUT2D eigenvalue weighted by atomic mass is 10.0. The number of rotatable bonds is 5. The van der Waals surface area contributed by atoms with E-state index in [1.54, 1.807) is 6.20 Å². The van der Waals surface area contributed by atoms with E-state index in [0.717, 1.165) is 18.9 Å². The highest BCUT2D eigenvalue weighted by atomic mass is 16.2. The predicted octanol–water partition coefficient (Wildman–Crippen LogP) is 2.38. The molecule has 5 nitrogen and oxygen atoms in total. The summed E-state index contributed by atoms with van der Waals surface area (Å²) in [5, 5.41) is 2.83. The monoisotopic (exact) mass is 290 g/mol. The molecule has 0 saturated carbocycles. The van der Waals surface area contributed by atoms with Crippen LogP contribution in [0.3, 0.4) is 0 Å². The summed E-state index contributed by atoms with van der Waals surface area (Å²) in [6.45, 7) is 6.25. The lowest BCUT2D eigenvalue weighted by molar-refractivity contribution is -0.117. The molecule has 2 heterocycles. The van der Waals surface area contributed by atoms with Gasteiger partial charge in [0.2, 0.25) is 5.91 Å². The number of amides is 1. The van der Waals surface area contributed by atoms with Gasteiger partial charge in [0.25, 0.3) is 0 Å². The first-order valence-electron chi connectivity index (χ1n) is 7.83. The van der Waals surface area contributed by atoms with E-state index >= 15 is 0 Å². The van der Waals surface area contributed by atoms with Crippen LogP contribution in [-0.4, -0.2) is 30.0 Å². The summed E-state index contributed by atoms with van der Waals surface area (Å²) in [5.74, 6) is 1.25. The molecule has 0 aromatic carbocycles. The van der Waals surface area contributed by atoms with Crippen molar-refractivity contribution < 1.29 is 4.79 Å². The molecule has 1 saturated heterocycles. The normalized spacial score (nSPS) is 16.9. The third kappa shape index (κ3) is 4.70. The number of hydrogen-bond acceptors (Lipinski definition) is 4. The molecule has 21 heavy (non-hydrogen) atoms. The molecule has 1 aromatic heterocycles. The number of nitrogens with two attached hydrogens (primary N) is 1. The molecule has 1 aromatic rings. The van der Waals surface area contributed by atoms with Crippen molar-refractivity contribution in [1.29, 1.82) is 0 Å². The standard InChI is InChI=1S/C16H26N4O/c1-12(2)10-14(17)16(21)19-13-6-7-15(18-11-13)20-8-4-3-5-9-20/h6-7,11-12,14H,3-5,8-10,17H2,1-2H3,(H,19,21)/t14-/m1/s1. The molecule has 0 spiro atoms. The first-order valence-corrected chi connectivity index (χ1v) is 7.83. The van der Waals surface area contributed by atoms with E-state index in [9.17, 15) is 4.79 Å². The molecule has 1 fully saturated rings. The quantitative estimate of drug-likeness (QED) is 0.873. The minimum atomic E-state index is -0.466. The first kappa shape index (κ1) is 15.8. The van der Waals surface area contributed by atoms with E-state index in [4.69, 9.17) is 5.73 Å². The van der Waals surface area contributed by atoms with E-state index in [1.807, 2.05) is 12.1 Å². The minimum absolute atomic E-state index is 0.142. The van der Waals surface area contributed by atoms with Crippen molar-refractivity contribution >= 4 is 17.4 Å². The van der Waals surface area contributed by atoms with Crippen LogP contribution in [0.5, 0.6) is 0 Å². The molecule has 0 unspecified atom stereocenters. The Hall–Kier alpha value is -1.62. The van der Waals surface area contributed by atoms with Gasteiger partial charge in [-0.15, -0.1) is 0 Å².